The predicted octanol–water partition coefficient (Wildman–Crippen LogP) is 2.35. The lowest BCUT2D eigenvalue weighted by molar-refractivity contribution is 0.184. The van der Waals surface area contributed by atoms with Gasteiger partial charge in [-0.1, -0.05) is 17.7 Å². The van der Waals surface area contributed by atoms with Gasteiger partial charge in [0.05, 0.1) is 13.2 Å². The van der Waals surface area contributed by atoms with Crippen LogP contribution in [0.25, 0.3) is 0 Å². The van der Waals surface area contributed by atoms with E-state index in [9.17, 15) is 4.39 Å². The summed E-state index contributed by atoms with van der Waals surface area (Å²) in [7, 11) is 3.61. The van der Waals surface area contributed by atoms with Crippen LogP contribution < -0.4 is 0 Å². The molecule has 0 N–H and O–H groups in total. The fraction of sp³-hybridized carbons (Fsp3) is 0.429. The standard InChI is InChI=1S/C14H18ClFN4O/c1-19(8-11-3-4-12(16)7-13(11)15)9-14-18-17-10-20(14)5-6-21-2/h3-4,7,10H,5-6,8-9H2,1-2H3. The van der Waals surface area contributed by atoms with Crippen molar-refractivity contribution in [3.63, 3.8) is 0 Å². The van der Waals surface area contributed by atoms with Crippen molar-refractivity contribution in [2.24, 2.45) is 0 Å². The third-order valence-electron chi connectivity index (χ3n) is 3.10. The molecule has 0 spiro atoms. The minimum Gasteiger partial charge on any atom is -0.383 e. The van der Waals surface area contributed by atoms with Gasteiger partial charge in [-0.05, 0) is 24.7 Å². The molecule has 1 aromatic heterocycles. The summed E-state index contributed by atoms with van der Waals surface area (Å²) in [4.78, 5) is 2.05. The second kappa shape index (κ2) is 7.49. The Balaban J connectivity index is 1.98. The highest BCUT2D eigenvalue weighted by Gasteiger charge is 2.10. The van der Waals surface area contributed by atoms with E-state index in [1.807, 2.05) is 16.5 Å². The van der Waals surface area contributed by atoms with E-state index in [4.69, 9.17) is 16.3 Å². The Morgan fingerprint density at radius 1 is 1.38 bits per heavy atom. The minimum absolute atomic E-state index is 0.328. The van der Waals surface area contributed by atoms with Crippen LogP contribution in [0.2, 0.25) is 5.02 Å². The molecule has 0 saturated carbocycles. The molecular weight excluding hydrogens is 295 g/mol. The van der Waals surface area contributed by atoms with Crippen molar-refractivity contribution in [1.29, 1.82) is 0 Å². The van der Waals surface area contributed by atoms with Gasteiger partial charge in [0.1, 0.15) is 18.0 Å². The average molecular weight is 313 g/mol. The molecule has 0 aliphatic carbocycles. The summed E-state index contributed by atoms with van der Waals surface area (Å²) in [6, 6.07) is 4.44. The zero-order valence-corrected chi connectivity index (χ0v) is 12.8. The van der Waals surface area contributed by atoms with Crippen LogP contribution in [-0.2, 0) is 24.4 Å². The van der Waals surface area contributed by atoms with Crippen molar-refractivity contribution in [2.45, 2.75) is 19.6 Å². The van der Waals surface area contributed by atoms with E-state index < -0.39 is 0 Å². The molecule has 0 fully saturated rings. The summed E-state index contributed by atoms with van der Waals surface area (Å²) < 4.78 is 20.0. The van der Waals surface area contributed by atoms with Gasteiger partial charge >= 0.3 is 0 Å². The lowest BCUT2D eigenvalue weighted by Gasteiger charge is -2.17. The Morgan fingerprint density at radius 2 is 2.19 bits per heavy atom. The Morgan fingerprint density at radius 3 is 2.90 bits per heavy atom. The van der Waals surface area contributed by atoms with Gasteiger partial charge in [0.25, 0.3) is 0 Å². The van der Waals surface area contributed by atoms with E-state index >= 15 is 0 Å². The van der Waals surface area contributed by atoms with Crippen LogP contribution in [0.15, 0.2) is 24.5 Å². The monoisotopic (exact) mass is 312 g/mol. The van der Waals surface area contributed by atoms with Crippen molar-refractivity contribution in [3.8, 4) is 0 Å². The molecule has 0 radical (unpaired) electrons. The molecule has 1 heterocycles. The van der Waals surface area contributed by atoms with Gasteiger partial charge in [0.2, 0.25) is 0 Å². The minimum atomic E-state index is -0.328. The van der Waals surface area contributed by atoms with Gasteiger partial charge in [-0.3, -0.25) is 4.90 Å². The molecule has 7 heteroatoms. The lowest BCUT2D eigenvalue weighted by atomic mass is 10.2. The van der Waals surface area contributed by atoms with Gasteiger partial charge in [0.15, 0.2) is 0 Å². The first kappa shape index (κ1) is 15.9. The van der Waals surface area contributed by atoms with Crippen molar-refractivity contribution in [2.75, 3.05) is 20.8 Å². The molecule has 114 valence electrons. The average Bonchev–Trinajstić information content (AvgIpc) is 2.87. The SMILES string of the molecule is COCCn1cnnc1CN(C)Cc1ccc(F)cc1Cl. The number of rotatable bonds is 7. The Labute approximate surface area is 128 Å². The van der Waals surface area contributed by atoms with Crippen LogP contribution >= 0.6 is 11.6 Å². The summed E-state index contributed by atoms with van der Waals surface area (Å²) in [6.07, 6.45) is 1.69. The van der Waals surface area contributed by atoms with Gasteiger partial charge < -0.3 is 9.30 Å². The number of aromatic nitrogens is 3. The second-order valence-electron chi connectivity index (χ2n) is 4.84. The largest absolute Gasteiger partial charge is 0.383 e. The number of nitrogens with zero attached hydrogens (tertiary/aromatic N) is 4. The number of benzene rings is 1. The lowest BCUT2D eigenvalue weighted by Crippen LogP contribution is -2.21. The number of hydrogen-bond acceptors (Lipinski definition) is 4. The van der Waals surface area contributed by atoms with E-state index in [1.54, 1.807) is 19.5 Å². The Bertz CT molecular complexity index is 590. The summed E-state index contributed by atoms with van der Waals surface area (Å²) >= 11 is 6.04. The molecular formula is C14H18ClFN4O. The van der Waals surface area contributed by atoms with Gasteiger partial charge in [0, 0.05) is 25.2 Å². The van der Waals surface area contributed by atoms with Gasteiger partial charge in [-0.2, -0.15) is 0 Å². The van der Waals surface area contributed by atoms with Crippen LogP contribution in [0, 0.1) is 5.82 Å². The van der Waals surface area contributed by atoms with Crippen molar-refractivity contribution in [1.82, 2.24) is 19.7 Å². The van der Waals surface area contributed by atoms with E-state index in [-0.39, 0.29) is 5.82 Å². The Kier molecular flexibility index (Phi) is 5.67. The highest BCUT2D eigenvalue weighted by atomic mass is 35.5. The van der Waals surface area contributed by atoms with Crippen LogP contribution in [-0.4, -0.2) is 40.4 Å². The third kappa shape index (κ3) is 4.49. The predicted molar refractivity (Wildman–Crippen MR) is 78.5 cm³/mol. The summed E-state index contributed by atoms with van der Waals surface area (Å²) in [5.74, 6) is 0.526. The van der Waals surface area contributed by atoms with Crippen molar-refractivity contribution >= 4 is 11.6 Å². The van der Waals surface area contributed by atoms with Crippen LogP contribution in [0.5, 0.6) is 0 Å². The molecule has 0 unspecified atom stereocenters. The zero-order chi connectivity index (χ0) is 15.2. The van der Waals surface area contributed by atoms with Gasteiger partial charge in [-0.25, -0.2) is 4.39 Å². The maximum atomic E-state index is 13.0. The smallest absolute Gasteiger partial charge is 0.147 e. The van der Waals surface area contributed by atoms with E-state index in [0.717, 1.165) is 11.4 Å². The zero-order valence-electron chi connectivity index (χ0n) is 12.1. The summed E-state index contributed by atoms with van der Waals surface area (Å²) in [6.45, 7) is 2.55. The van der Waals surface area contributed by atoms with Crippen molar-refractivity contribution < 1.29 is 9.13 Å². The first-order chi connectivity index (χ1) is 10.1. The first-order valence-electron chi connectivity index (χ1n) is 6.58. The molecule has 5 nitrogen and oxygen atoms in total. The van der Waals surface area contributed by atoms with Crippen molar-refractivity contribution in [3.05, 3.63) is 46.8 Å². The second-order valence-corrected chi connectivity index (χ2v) is 5.25. The summed E-state index contributed by atoms with van der Waals surface area (Å²) in [5, 5.41) is 8.46. The van der Waals surface area contributed by atoms with E-state index in [1.165, 1.54) is 12.1 Å². The first-order valence-corrected chi connectivity index (χ1v) is 6.96. The number of hydrogen-bond donors (Lipinski definition) is 0. The van der Waals surface area contributed by atoms with Crippen LogP contribution in [0.1, 0.15) is 11.4 Å². The molecule has 0 bridgehead atoms. The maximum Gasteiger partial charge on any atom is 0.147 e. The molecule has 1 aromatic carbocycles. The Hall–Kier alpha value is -1.50. The van der Waals surface area contributed by atoms with Crippen LogP contribution in [0.3, 0.4) is 0 Å². The molecule has 2 aromatic rings. The molecule has 21 heavy (non-hydrogen) atoms. The number of halogens is 2. The molecule has 0 aliphatic heterocycles. The fourth-order valence-electron chi connectivity index (χ4n) is 2.02. The summed E-state index contributed by atoms with van der Waals surface area (Å²) in [5.41, 5.74) is 0.878. The third-order valence-corrected chi connectivity index (χ3v) is 3.45. The number of methoxy groups -OCH3 is 1. The van der Waals surface area contributed by atoms with E-state index in [0.29, 0.717) is 31.3 Å². The highest BCUT2D eigenvalue weighted by molar-refractivity contribution is 6.31. The van der Waals surface area contributed by atoms with E-state index in [2.05, 4.69) is 10.2 Å². The molecule has 2 rings (SSSR count). The molecule has 0 amide bonds. The molecule has 0 saturated heterocycles. The normalized spacial score (nSPS) is 11.3. The van der Waals surface area contributed by atoms with Gasteiger partial charge in [-0.15, -0.1) is 10.2 Å². The highest BCUT2D eigenvalue weighted by Crippen LogP contribution is 2.19. The molecule has 0 atom stereocenters. The van der Waals surface area contributed by atoms with Crippen LogP contribution in [0.4, 0.5) is 4.39 Å². The number of ether oxygens (including phenoxy) is 1. The quantitative estimate of drug-likeness (QED) is 0.787. The fourth-order valence-corrected chi connectivity index (χ4v) is 2.24. The molecule has 0 aliphatic rings. The maximum absolute atomic E-state index is 13.0. The topological polar surface area (TPSA) is 43.2 Å².